The summed E-state index contributed by atoms with van der Waals surface area (Å²) in [6.45, 7) is 1.32. The SMILES string of the molecule is CC(=O)N(C(=C=N)c1ccc(F)cc1)c1ccc(F)cc1. The zero-order valence-corrected chi connectivity index (χ0v) is 11.2. The van der Waals surface area contributed by atoms with Crippen LogP contribution in [0.4, 0.5) is 14.5 Å². The molecule has 0 saturated heterocycles. The molecule has 1 amide bonds. The molecule has 0 atom stereocenters. The molecule has 2 aromatic carbocycles. The van der Waals surface area contributed by atoms with E-state index in [4.69, 9.17) is 5.41 Å². The Kier molecular flexibility index (Phi) is 4.26. The van der Waals surface area contributed by atoms with Crippen LogP contribution in [0.15, 0.2) is 48.5 Å². The number of hydrogen-bond acceptors (Lipinski definition) is 2. The number of carbonyl (C=O) groups is 1. The zero-order valence-electron chi connectivity index (χ0n) is 11.2. The van der Waals surface area contributed by atoms with E-state index in [2.05, 4.69) is 5.87 Å². The number of nitrogens with one attached hydrogen (secondary N) is 1. The molecule has 1 N–H and O–H groups in total. The predicted molar refractivity (Wildman–Crippen MR) is 77.1 cm³/mol. The fourth-order valence-corrected chi connectivity index (χ4v) is 1.92. The minimum atomic E-state index is -0.426. The zero-order chi connectivity index (χ0) is 15.4. The van der Waals surface area contributed by atoms with Crippen LogP contribution in [0.25, 0.3) is 5.70 Å². The normalized spacial score (nSPS) is 9.86. The molecule has 0 heterocycles. The predicted octanol–water partition coefficient (Wildman–Crippen LogP) is 3.61. The van der Waals surface area contributed by atoms with Gasteiger partial charge < -0.3 is 0 Å². The van der Waals surface area contributed by atoms with Crippen molar-refractivity contribution in [2.75, 3.05) is 4.90 Å². The van der Waals surface area contributed by atoms with Crippen molar-refractivity contribution in [1.29, 1.82) is 5.41 Å². The lowest BCUT2D eigenvalue weighted by Crippen LogP contribution is -2.27. The monoisotopic (exact) mass is 286 g/mol. The van der Waals surface area contributed by atoms with E-state index in [0.29, 0.717) is 11.3 Å². The molecule has 0 bridgehead atoms. The lowest BCUT2D eigenvalue weighted by atomic mass is 10.1. The molecule has 106 valence electrons. The Balaban J connectivity index is 2.50. The van der Waals surface area contributed by atoms with E-state index in [-0.39, 0.29) is 11.6 Å². The molecule has 0 unspecified atom stereocenters. The molecular weight excluding hydrogens is 274 g/mol. The van der Waals surface area contributed by atoms with Crippen LogP contribution in [-0.4, -0.2) is 11.8 Å². The molecular formula is C16H12F2N2O. The molecule has 0 aliphatic carbocycles. The summed E-state index contributed by atoms with van der Waals surface area (Å²) in [4.78, 5) is 13.1. The van der Waals surface area contributed by atoms with Gasteiger partial charge in [0.05, 0.1) is 0 Å². The van der Waals surface area contributed by atoms with Gasteiger partial charge in [0.15, 0.2) is 0 Å². The third kappa shape index (κ3) is 3.22. The van der Waals surface area contributed by atoms with Crippen LogP contribution in [-0.2, 0) is 4.79 Å². The summed E-state index contributed by atoms with van der Waals surface area (Å²) in [5.41, 5.74) is 1.03. The number of rotatable bonds is 3. The highest BCUT2D eigenvalue weighted by molar-refractivity contribution is 6.11. The summed E-state index contributed by atoms with van der Waals surface area (Å²) in [5, 5.41) is 7.42. The van der Waals surface area contributed by atoms with Gasteiger partial charge in [0.25, 0.3) is 0 Å². The summed E-state index contributed by atoms with van der Waals surface area (Å²) in [5.74, 6) is 0.984. The van der Waals surface area contributed by atoms with Crippen molar-refractivity contribution in [3.63, 3.8) is 0 Å². The lowest BCUT2D eigenvalue weighted by molar-refractivity contribution is -0.115. The molecule has 0 fully saturated rings. The van der Waals surface area contributed by atoms with E-state index in [9.17, 15) is 13.6 Å². The molecule has 0 aromatic heterocycles. The molecule has 0 saturated carbocycles. The van der Waals surface area contributed by atoms with Crippen molar-refractivity contribution in [1.82, 2.24) is 0 Å². The number of amides is 1. The fourth-order valence-electron chi connectivity index (χ4n) is 1.92. The Labute approximate surface area is 120 Å². The Hall–Kier alpha value is -2.78. The topological polar surface area (TPSA) is 44.2 Å². The average molecular weight is 286 g/mol. The van der Waals surface area contributed by atoms with Crippen LogP contribution in [0.1, 0.15) is 12.5 Å². The van der Waals surface area contributed by atoms with Crippen LogP contribution in [0.5, 0.6) is 0 Å². The first-order valence-corrected chi connectivity index (χ1v) is 6.15. The quantitative estimate of drug-likeness (QED) is 0.861. The third-order valence-corrected chi connectivity index (χ3v) is 2.86. The third-order valence-electron chi connectivity index (χ3n) is 2.86. The van der Waals surface area contributed by atoms with E-state index in [0.717, 1.165) is 0 Å². The van der Waals surface area contributed by atoms with Gasteiger partial charge in [0.2, 0.25) is 5.91 Å². The van der Waals surface area contributed by atoms with E-state index in [1.54, 1.807) is 0 Å². The van der Waals surface area contributed by atoms with Gasteiger partial charge >= 0.3 is 0 Å². The highest BCUT2D eigenvalue weighted by Crippen LogP contribution is 2.25. The Morgan fingerprint density at radius 2 is 1.48 bits per heavy atom. The number of benzene rings is 2. The highest BCUT2D eigenvalue weighted by atomic mass is 19.1. The van der Waals surface area contributed by atoms with Crippen molar-refractivity contribution >= 4 is 23.2 Å². The second kappa shape index (κ2) is 6.11. The number of halogens is 2. The maximum absolute atomic E-state index is 13.0. The van der Waals surface area contributed by atoms with E-state index >= 15 is 0 Å². The van der Waals surface area contributed by atoms with Crippen molar-refractivity contribution in [2.45, 2.75) is 6.92 Å². The minimum absolute atomic E-state index is 0.161. The van der Waals surface area contributed by atoms with E-state index in [1.807, 2.05) is 0 Å². The van der Waals surface area contributed by atoms with Gasteiger partial charge in [-0.3, -0.25) is 15.1 Å². The summed E-state index contributed by atoms with van der Waals surface area (Å²) in [6.07, 6.45) is 0. The van der Waals surface area contributed by atoms with Crippen molar-refractivity contribution in [3.05, 3.63) is 65.7 Å². The highest BCUT2D eigenvalue weighted by Gasteiger charge is 2.18. The molecule has 3 nitrogen and oxygen atoms in total. The van der Waals surface area contributed by atoms with Crippen molar-refractivity contribution < 1.29 is 13.6 Å². The molecule has 0 spiro atoms. The Morgan fingerprint density at radius 1 is 1.00 bits per heavy atom. The van der Waals surface area contributed by atoms with Crippen LogP contribution in [0.3, 0.4) is 0 Å². The average Bonchev–Trinajstić information content (AvgIpc) is 2.47. The molecule has 21 heavy (non-hydrogen) atoms. The second-order valence-corrected chi connectivity index (χ2v) is 4.31. The molecule has 0 radical (unpaired) electrons. The second-order valence-electron chi connectivity index (χ2n) is 4.31. The van der Waals surface area contributed by atoms with Crippen molar-refractivity contribution in [3.8, 4) is 0 Å². The standard InChI is InChI=1S/C16H12F2N2O/c1-11(21)20(15-8-6-14(18)7-9-15)16(10-19)12-2-4-13(17)5-3-12/h2-9,19H,1H3. The number of anilines is 1. The first-order valence-electron chi connectivity index (χ1n) is 6.15. The van der Waals surface area contributed by atoms with Crippen LogP contribution >= 0.6 is 0 Å². The van der Waals surface area contributed by atoms with Gasteiger partial charge in [-0.05, 0) is 48.5 Å². The van der Waals surface area contributed by atoms with Gasteiger partial charge in [-0.2, -0.15) is 0 Å². The number of hydrogen-bond donors (Lipinski definition) is 1. The fraction of sp³-hybridized carbons (Fsp3) is 0.0625. The summed E-state index contributed by atoms with van der Waals surface area (Å²) in [7, 11) is 0. The maximum atomic E-state index is 13.0. The first kappa shape index (κ1) is 14.6. The van der Waals surface area contributed by atoms with Gasteiger partial charge in [0, 0.05) is 24.0 Å². The molecule has 5 heteroatoms. The molecule has 2 rings (SSSR count). The summed E-state index contributed by atoms with van der Waals surface area (Å²) < 4.78 is 26.0. The van der Waals surface area contributed by atoms with Crippen LogP contribution in [0.2, 0.25) is 0 Å². The van der Waals surface area contributed by atoms with Gasteiger partial charge in [0.1, 0.15) is 17.3 Å². The molecule has 0 aliphatic heterocycles. The maximum Gasteiger partial charge on any atom is 0.228 e. The van der Waals surface area contributed by atoms with Crippen LogP contribution < -0.4 is 4.90 Å². The largest absolute Gasteiger partial charge is 0.274 e. The molecule has 2 aromatic rings. The van der Waals surface area contributed by atoms with Gasteiger partial charge in [-0.15, -0.1) is 0 Å². The van der Waals surface area contributed by atoms with Crippen LogP contribution in [0, 0.1) is 17.0 Å². The Bertz CT molecular complexity index is 702. The van der Waals surface area contributed by atoms with Crippen molar-refractivity contribution in [2.24, 2.45) is 0 Å². The van der Waals surface area contributed by atoms with E-state index in [1.165, 1.54) is 60.4 Å². The lowest BCUT2D eigenvalue weighted by Gasteiger charge is -2.22. The summed E-state index contributed by atoms with van der Waals surface area (Å²) in [6, 6.07) is 10.7. The Morgan fingerprint density at radius 3 is 1.90 bits per heavy atom. The van der Waals surface area contributed by atoms with Gasteiger partial charge in [-0.1, -0.05) is 0 Å². The van der Waals surface area contributed by atoms with Gasteiger partial charge in [-0.25, -0.2) is 8.78 Å². The smallest absolute Gasteiger partial charge is 0.228 e. The molecule has 0 aliphatic rings. The minimum Gasteiger partial charge on any atom is -0.274 e. The first-order chi connectivity index (χ1) is 10.0. The summed E-state index contributed by atoms with van der Waals surface area (Å²) >= 11 is 0. The number of carbonyl (C=O) groups excluding carboxylic acids is 1. The number of nitrogens with zero attached hydrogens (tertiary/aromatic N) is 1. The van der Waals surface area contributed by atoms with E-state index < -0.39 is 11.6 Å².